The molecule has 2 N–H and O–H groups in total. The molecule has 0 aliphatic carbocycles. The van der Waals surface area contributed by atoms with Crippen LogP contribution in [0.3, 0.4) is 0 Å². The Morgan fingerprint density at radius 3 is 2.88 bits per heavy atom. The van der Waals surface area contributed by atoms with Crippen molar-refractivity contribution < 1.29 is 4.79 Å². The summed E-state index contributed by atoms with van der Waals surface area (Å²) in [6.45, 7) is 2.10. The van der Waals surface area contributed by atoms with Crippen LogP contribution in [0.25, 0.3) is 11.4 Å². The van der Waals surface area contributed by atoms with E-state index in [4.69, 9.17) is 0 Å². The second kappa shape index (κ2) is 7.30. The maximum Gasteiger partial charge on any atom is 0.270 e. The Balaban J connectivity index is 1.57. The molecule has 3 heterocycles. The minimum absolute atomic E-state index is 0.142. The van der Waals surface area contributed by atoms with E-state index < -0.39 is 0 Å². The van der Waals surface area contributed by atoms with E-state index in [9.17, 15) is 4.79 Å². The summed E-state index contributed by atoms with van der Waals surface area (Å²) >= 11 is 0. The van der Waals surface area contributed by atoms with Gasteiger partial charge in [0.25, 0.3) is 5.91 Å². The van der Waals surface area contributed by atoms with Crippen LogP contribution in [0, 0.1) is 0 Å². The van der Waals surface area contributed by atoms with Crippen molar-refractivity contribution in [3.05, 3.63) is 54.0 Å². The Kier molecular flexibility index (Phi) is 4.55. The molecule has 0 bridgehead atoms. The molecule has 0 saturated carbocycles. The number of fused-ring (bicyclic) bond motifs is 1. The fourth-order valence-corrected chi connectivity index (χ4v) is 2.96. The second-order valence-corrected chi connectivity index (χ2v) is 6.04. The number of hydrogen-bond acceptors (Lipinski definition) is 6. The van der Waals surface area contributed by atoms with Gasteiger partial charge in [-0.3, -0.25) is 9.48 Å². The summed E-state index contributed by atoms with van der Waals surface area (Å²) in [7, 11) is 0. The monoisotopic (exact) mass is 349 g/mol. The summed E-state index contributed by atoms with van der Waals surface area (Å²) < 4.78 is 1.79. The lowest BCUT2D eigenvalue weighted by Crippen LogP contribution is -2.34. The molecule has 0 atom stereocenters. The van der Waals surface area contributed by atoms with Crippen LogP contribution in [0.15, 0.2) is 42.7 Å². The van der Waals surface area contributed by atoms with Gasteiger partial charge < -0.3 is 10.6 Å². The summed E-state index contributed by atoms with van der Waals surface area (Å²) in [5.74, 6) is 1.15. The van der Waals surface area contributed by atoms with Gasteiger partial charge in [0.05, 0.1) is 6.20 Å². The first-order valence-electron chi connectivity index (χ1n) is 8.64. The third-order valence-electron chi connectivity index (χ3n) is 4.24. The predicted molar refractivity (Wildman–Crippen MR) is 96.6 cm³/mol. The van der Waals surface area contributed by atoms with E-state index in [1.807, 2.05) is 36.5 Å². The molecule has 4 rings (SSSR count). The van der Waals surface area contributed by atoms with E-state index in [2.05, 4.69) is 30.9 Å². The van der Waals surface area contributed by atoms with E-state index in [0.29, 0.717) is 18.1 Å². The fourth-order valence-electron chi connectivity index (χ4n) is 2.96. The van der Waals surface area contributed by atoms with Gasteiger partial charge in [0.1, 0.15) is 11.5 Å². The van der Waals surface area contributed by atoms with Gasteiger partial charge in [-0.15, -0.1) is 5.10 Å². The maximum absolute atomic E-state index is 12.3. The van der Waals surface area contributed by atoms with Gasteiger partial charge >= 0.3 is 0 Å². The van der Waals surface area contributed by atoms with Crippen molar-refractivity contribution in [3.8, 4) is 11.4 Å². The molecule has 0 saturated heterocycles. The zero-order valence-electron chi connectivity index (χ0n) is 14.2. The van der Waals surface area contributed by atoms with Crippen molar-refractivity contribution in [2.45, 2.75) is 19.4 Å². The quantitative estimate of drug-likeness (QED) is 0.655. The number of hydrogen-bond donors (Lipinski definition) is 2. The summed E-state index contributed by atoms with van der Waals surface area (Å²) in [6, 6.07) is 9.69. The molecule has 0 radical (unpaired) electrons. The van der Waals surface area contributed by atoms with Crippen LogP contribution in [0.2, 0.25) is 0 Å². The molecule has 1 aromatic carbocycles. The number of nitrogens with one attached hydrogen (secondary N) is 2. The Hall–Kier alpha value is -3.29. The van der Waals surface area contributed by atoms with Crippen LogP contribution >= 0.6 is 0 Å². The Labute approximate surface area is 150 Å². The molecule has 0 fully saturated rings. The number of aromatic nitrogens is 5. The van der Waals surface area contributed by atoms with Crippen molar-refractivity contribution in [3.63, 3.8) is 0 Å². The molecule has 0 spiro atoms. The molecule has 1 amide bonds. The normalized spacial score (nSPS) is 13.2. The van der Waals surface area contributed by atoms with Gasteiger partial charge in [0.2, 0.25) is 0 Å². The van der Waals surface area contributed by atoms with E-state index in [1.165, 1.54) is 0 Å². The largest absolute Gasteiger partial charge is 0.370 e. The average molecular weight is 349 g/mol. The highest BCUT2D eigenvalue weighted by atomic mass is 16.1. The highest BCUT2D eigenvalue weighted by molar-refractivity contribution is 5.96. The summed E-state index contributed by atoms with van der Waals surface area (Å²) in [5, 5.41) is 14.0. The maximum atomic E-state index is 12.3. The van der Waals surface area contributed by atoms with Gasteiger partial charge in [-0.25, -0.2) is 9.97 Å². The fraction of sp³-hybridized carbons (Fsp3) is 0.278. The molecule has 132 valence electrons. The lowest BCUT2D eigenvalue weighted by atomic mass is 10.1. The van der Waals surface area contributed by atoms with Gasteiger partial charge in [0, 0.05) is 37.0 Å². The molecular formula is C18H19N7O. The van der Waals surface area contributed by atoms with Crippen LogP contribution in [0.1, 0.15) is 22.5 Å². The number of benzene rings is 1. The SMILES string of the molecule is O=C1NCCc2c(NCCCn3ccnn3)nc(-c3ccccc3)nc21. The number of carbonyl (C=O) groups is 1. The number of nitrogens with zero attached hydrogens (tertiary/aromatic N) is 5. The smallest absolute Gasteiger partial charge is 0.270 e. The molecule has 2 aromatic heterocycles. The van der Waals surface area contributed by atoms with Crippen LogP contribution in [-0.4, -0.2) is 44.0 Å². The first-order valence-corrected chi connectivity index (χ1v) is 8.64. The predicted octanol–water partition coefficient (Wildman–Crippen LogP) is 1.52. The summed E-state index contributed by atoms with van der Waals surface area (Å²) in [4.78, 5) is 21.5. The lowest BCUT2D eigenvalue weighted by molar-refractivity contribution is 0.0940. The third kappa shape index (κ3) is 3.39. The number of aryl methyl sites for hydroxylation is 1. The first kappa shape index (κ1) is 16.2. The van der Waals surface area contributed by atoms with E-state index in [1.54, 1.807) is 10.9 Å². The number of anilines is 1. The zero-order chi connectivity index (χ0) is 17.8. The van der Waals surface area contributed by atoms with Crippen LogP contribution in [-0.2, 0) is 13.0 Å². The standard InChI is InChI=1S/C18H19N7O/c26-18-15-14(7-9-20-18)17(19-8-4-11-25-12-10-21-24-25)23-16(22-15)13-5-2-1-3-6-13/h1-3,5-6,10,12H,4,7-9,11H2,(H,20,26)(H,19,22,23). The van der Waals surface area contributed by atoms with Crippen LogP contribution < -0.4 is 10.6 Å². The van der Waals surface area contributed by atoms with Gasteiger partial charge in [0.15, 0.2) is 5.82 Å². The second-order valence-electron chi connectivity index (χ2n) is 6.04. The molecule has 26 heavy (non-hydrogen) atoms. The highest BCUT2D eigenvalue weighted by Gasteiger charge is 2.23. The van der Waals surface area contributed by atoms with Crippen LogP contribution in [0.4, 0.5) is 5.82 Å². The van der Waals surface area contributed by atoms with Gasteiger partial charge in [-0.05, 0) is 12.8 Å². The molecule has 3 aromatic rings. The molecule has 8 nitrogen and oxygen atoms in total. The topological polar surface area (TPSA) is 97.6 Å². The average Bonchev–Trinajstić information content (AvgIpc) is 3.20. The Morgan fingerprint density at radius 2 is 2.08 bits per heavy atom. The molecular weight excluding hydrogens is 330 g/mol. The summed E-state index contributed by atoms with van der Waals surface area (Å²) in [6.07, 6.45) is 5.10. The van der Waals surface area contributed by atoms with Crippen molar-refractivity contribution in [2.24, 2.45) is 0 Å². The van der Waals surface area contributed by atoms with E-state index >= 15 is 0 Å². The molecule has 0 unspecified atom stereocenters. The third-order valence-corrected chi connectivity index (χ3v) is 4.24. The molecule has 1 aliphatic rings. The first-order chi connectivity index (χ1) is 12.8. The number of amides is 1. The Morgan fingerprint density at radius 1 is 1.19 bits per heavy atom. The highest BCUT2D eigenvalue weighted by Crippen LogP contribution is 2.24. The minimum atomic E-state index is -0.142. The van der Waals surface area contributed by atoms with Gasteiger partial charge in [-0.2, -0.15) is 0 Å². The number of rotatable bonds is 6. The van der Waals surface area contributed by atoms with E-state index in [0.717, 1.165) is 42.9 Å². The van der Waals surface area contributed by atoms with Crippen molar-refractivity contribution >= 4 is 11.7 Å². The minimum Gasteiger partial charge on any atom is -0.370 e. The van der Waals surface area contributed by atoms with Crippen LogP contribution in [0.5, 0.6) is 0 Å². The van der Waals surface area contributed by atoms with Crippen molar-refractivity contribution in [1.82, 2.24) is 30.3 Å². The van der Waals surface area contributed by atoms with Crippen molar-refractivity contribution in [2.75, 3.05) is 18.4 Å². The van der Waals surface area contributed by atoms with Gasteiger partial charge in [-0.1, -0.05) is 35.5 Å². The van der Waals surface area contributed by atoms with Crippen molar-refractivity contribution in [1.29, 1.82) is 0 Å². The van der Waals surface area contributed by atoms with E-state index in [-0.39, 0.29) is 5.91 Å². The lowest BCUT2D eigenvalue weighted by Gasteiger charge is -2.20. The Bertz CT molecular complexity index is 893. The zero-order valence-corrected chi connectivity index (χ0v) is 14.2. The molecule has 8 heteroatoms. The number of carbonyl (C=O) groups excluding carboxylic acids is 1. The molecule has 1 aliphatic heterocycles. The summed E-state index contributed by atoms with van der Waals surface area (Å²) in [5.41, 5.74) is 2.23.